The SMILES string of the molecule is CSc1ccc(C(=O)COC(=O)c2ccc(S(N)(=O)=O)o2)cc1NC(C)=O. The molecule has 0 spiro atoms. The molecule has 27 heavy (non-hydrogen) atoms. The Morgan fingerprint density at radius 3 is 2.48 bits per heavy atom. The summed E-state index contributed by atoms with van der Waals surface area (Å²) in [4.78, 5) is 36.1. The van der Waals surface area contributed by atoms with Crippen molar-refractivity contribution in [1.29, 1.82) is 0 Å². The number of carbonyl (C=O) groups is 3. The van der Waals surface area contributed by atoms with Crippen LogP contribution in [0.1, 0.15) is 27.8 Å². The van der Waals surface area contributed by atoms with Gasteiger partial charge in [0.05, 0.1) is 5.69 Å². The van der Waals surface area contributed by atoms with E-state index in [4.69, 9.17) is 14.3 Å². The number of hydrogen-bond donors (Lipinski definition) is 2. The number of furan rings is 1. The van der Waals surface area contributed by atoms with Crippen molar-refractivity contribution in [2.24, 2.45) is 5.14 Å². The molecule has 0 saturated carbocycles. The van der Waals surface area contributed by atoms with E-state index in [0.29, 0.717) is 5.69 Å². The fraction of sp³-hybridized carbons (Fsp3) is 0.188. The molecule has 0 aliphatic carbocycles. The molecule has 144 valence electrons. The van der Waals surface area contributed by atoms with Crippen molar-refractivity contribution in [3.8, 4) is 0 Å². The lowest BCUT2D eigenvalue weighted by atomic mass is 10.1. The van der Waals surface area contributed by atoms with E-state index in [1.54, 1.807) is 12.1 Å². The van der Waals surface area contributed by atoms with Crippen LogP contribution >= 0.6 is 11.8 Å². The molecular weight excluding hydrogens is 396 g/mol. The Kier molecular flexibility index (Phi) is 6.41. The molecule has 3 N–H and O–H groups in total. The van der Waals surface area contributed by atoms with Gasteiger partial charge in [-0.15, -0.1) is 11.8 Å². The Morgan fingerprint density at radius 1 is 1.22 bits per heavy atom. The van der Waals surface area contributed by atoms with Crippen molar-refractivity contribution in [1.82, 2.24) is 0 Å². The van der Waals surface area contributed by atoms with Crippen LogP contribution in [0.5, 0.6) is 0 Å². The molecule has 0 radical (unpaired) electrons. The molecule has 0 atom stereocenters. The number of esters is 1. The fourth-order valence-corrected chi connectivity index (χ4v) is 3.03. The fourth-order valence-electron chi connectivity index (χ4n) is 2.04. The Labute approximate surface area is 159 Å². The van der Waals surface area contributed by atoms with E-state index < -0.39 is 39.2 Å². The first-order chi connectivity index (χ1) is 12.6. The number of nitrogens with two attached hydrogens (primary N) is 1. The maximum Gasteiger partial charge on any atom is 0.374 e. The number of ether oxygens (including phenoxy) is 1. The Balaban J connectivity index is 2.08. The second kappa shape index (κ2) is 8.37. The third-order valence-corrected chi connectivity index (χ3v) is 4.81. The molecule has 1 aromatic carbocycles. The number of benzene rings is 1. The van der Waals surface area contributed by atoms with Gasteiger partial charge in [-0.3, -0.25) is 9.59 Å². The van der Waals surface area contributed by atoms with Crippen LogP contribution in [0, 0.1) is 0 Å². The van der Waals surface area contributed by atoms with Gasteiger partial charge in [-0.1, -0.05) is 6.07 Å². The lowest BCUT2D eigenvalue weighted by molar-refractivity contribution is -0.114. The number of anilines is 1. The highest BCUT2D eigenvalue weighted by Crippen LogP contribution is 2.26. The first-order valence-electron chi connectivity index (χ1n) is 7.40. The minimum absolute atomic E-state index is 0.231. The summed E-state index contributed by atoms with van der Waals surface area (Å²) in [5, 5.41) is 6.92. The molecule has 0 fully saturated rings. The van der Waals surface area contributed by atoms with Crippen LogP contribution in [-0.4, -0.2) is 38.9 Å². The monoisotopic (exact) mass is 412 g/mol. The summed E-state index contributed by atoms with van der Waals surface area (Å²) in [6, 6.07) is 6.77. The molecule has 1 heterocycles. The van der Waals surface area contributed by atoms with Gasteiger partial charge in [-0.05, 0) is 30.5 Å². The quantitative estimate of drug-likeness (QED) is 0.396. The smallest absolute Gasteiger partial charge is 0.374 e. The predicted octanol–water partition coefficient (Wildman–Crippen LogP) is 1.65. The molecular formula is C16H16N2O7S2. The second-order valence-corrected chi connectivity index (χ2v) is 7.60. The van der Waals surface area contributed by atoms with Gasteiger partial charge in [0.2, 0.25) is 16.8 Å². The third-order valence-electron chi connectivity index (χ3n) is 3.23. The molecule has 1 aromatic heterocycles. The summed E-state index contributed by atoms with van der Waals surface area (Å²) < 4.78 is 31.9. The summed E-state index contributed by atoms with van der Waals surface area (Å²) in [5.41, 5.74) is 0.699. The standard InChI is InChI=1S/C16H16N2O7S2/c1-9(19)18-11-7-10(3-5-14(11)26-2)12(20)8-24-16(21)13-4-6-15(25-13)27(17,22)23/h3-7H,8H2,1-2H3,(H,18,19)(H2,17,22,23). The first kappa shape index (κ1) is 20.7. The van der Waals surface area contributed by atoms with Crippen molar-refractivity contribution >= 4 is 45.1 Å². The van der Waals surface area contributed by atoms with Crippen molar-refractivity contribution < 1.29 is 32.0 Å². The predicted molar refractivity (Wildman–Crippen MR) is 97.2 cm³/mol. The molecule has 11 heteroatoms. The molecule has 2 aromatic rings. The molecule has 9 nitrogen and oxygen atoms in total. The number of Topliss-reactive ketones (excluding diaryl/α,β-unsaturated/α-hetero) is 1. The van der Waals surface area contributed by atoms with Crippen LogP contribution < -0.4 is 10.5 Å². The zero-order valence-corrected chi connectivity index (χ0v) is 16.0. The molecule has 0 aliphatic rings. The number of sulfonamides is 1. The van der Waals surface area contributed by atoms with E-state index in [1.165, 1.54) is 24.8 Å². The van der Waals surface area contributed by atoms with E-state index in [1.807, 2.05) is 6.26 Å². The summed E-state index contributed by atoms with van der Waals surface area (Å²) in [6.45, 7) is 0.752. The Bertz CT molecular complexity index is 996. The van der Waals surface area contributed by atoms with Crippen LogP contribution in [0.3, 0.4) is 0 Å². The zero-order chi connectivity index (χ0) is 20.2. The number of amides is 1. The lowest BCUT2D eigenvalue weighted by Gasteiger charge is -2.10. The third kappa shape index (κ3) is 5.42. The molecule has 1 amide bonds. The lowest BCUT2D eigenvalue weighted by Crippen LogP contribution is -2.15. The van der Waals surface area contributed by atoms with Gasteiger partial charge in [-0.2, -0.15) is 0 Å². The van der Waals surface area contributed by atoms with E-state index >= 15 is 0 Å². The van der Waals surface area contributed by atoms with Crippen LogP contribution in [-0.2, 0) is 19.6 Å². The number of primary sulfonamides is 1. The van der Waals surface area contributed by atoms with E-state index in [2.05, 4.69) is 5.32 Å². The normalized spacial score (nSPS) is 11.1. The maximum absolute atomic E-state index is 12.2. The largest absolute Gasteiger partial charge is 0.451 e. The highest BCUT2D eigenvalue weighted by Gasteiger charge is 2.20. The van der Waals surface area contributed by atoms with Gasteiger partial charge in [0.25, 0.3) is 10.0 Å². The summed E-state index contributed by atoms with van der Waals surface area (Å²) in [5.74, 6) is -2.21. The van der Waals surface area contributed by atoms with Crippen LogP contribution in [0.2, 0.25) is 0 Å². The molecule has 2 rings (SSSR count). The minimum Gasteiger partial charge on any atom is -0.451 e. The molecule has 0 unspecified atom stereocenters. The van der Waals surface area contributed by atoms with Crippen molar-refractivity contribution in [2.45, 2.75) is 16.9 Å². The zero-order valence-electron chi connectivity index (χ0n) is 14.3. The average Bonchev–Trinajstić information content (AvgIpc) is 3.09. The van der Waals surface area contributed by atoms with Gasteiger partial charge in [0, 0.05) is 17.4 Å². The number of hydrogen-bond acceptors (Lipinski definition) is 8. The maximum atomic E-state index is 12.2. The van der Waals surface area contributed by atoms with Crippen molar-refractivity contribution in [2.75, 3.05) is 18.2 Å². The van der Waals surface area contributed by atoms with E-state index in [0.717, 1.165) is 17.0 Å². The molecule has 0 saturated heterocycles. The number of ketones is 1. The van der Waals surface area contributed by atoms with Crippen LogP contribution in [0.25, 0.3) is 0 Å². The van der Waals surface area contributed by atoms with Crippen molar-refractivity contribution in [3.05, 3.63) is 41.7 Å². The topological polar surface area (TPSA) is 146 Å². The summed E-state index contributed by atoms with van der Waals surface area (Å²) >= 11 is 1.39. The van der Waals surface area contributed by atoms with Crippen LogP contribution in [0.15, 0.2) is 44.7 Å². The number of nitrogens with one attached hydrogen (secondary N) is 1. The number of thioether (sulfide) groups is 1. The number of rotatable bonds is 7. The highest BCUT2D eigenvalue weighted by atomic mass is 32.2. The Hall–Kier alpha value is -2.63. The van der Waals surface area contributed by atoms with Crippen LogP contribution in [0.4, 0.5) is 5.69 Å². The van der Waals surface area contributed by atoms with Gasteiger partial charge >= 0.3 is 5.97 Å². The van der Waals surface area contributed by atoms with Gasteiger partial charge in [0.15, 0.2) is 12.4 Å². The highest BCUT2D eigenvalue weighted by molar-refractivity contribution is 7.98. The number of carbonyl (C=O) groups excluding carboxylic acids is 3. The average molecular weight is 412 g/mol. The summed E-state index contributed by atoms with van der Waals surface area (Å²) in [6.07, 6.45) is 1.82. The van der Waals surface area contributed by atoms with Gasteiger partial charge < -0.3 is 14.5 Å². The minimum atomic E-state index is -4.09. The van der Waals surface area contributed by atoms with Gasteiger partial charge in [-0.25, -0.2) is 18.4 Å². The summed E-state index contributed by atoms with van der Waals surface area (Å²) in [7, 11) is -4.09. The van der Waals surface area contributed by atoms with Crippen molar-refractivity contribution in [3.63, 3.8) is 0 Å². The van der Waals surface area contributed by atoms with E-state index in [9.17, 15) is 22.8 Å². The second-order valence-electron chi connectivity index (χ2n) is 5.26. The first-order valence-corrected chi connectivity index (χ1v) is 10.2. The van der Waals surface area contributed by atoms with Gasteiger partial charge in [0.1, 0.15) is 0 Å². The van der Waals surface area contributed by atoms with E-state index in [-0.39, 0.29) is 11.5 Å². The Morgan fingerprint density at radius 2 is 1.93 bits per heavy atom. The molecule has 0 aliphatic heterocycles. The molecule has 0 bridgehead atoms.